The molecule has 0 saturated heterocycles. The van der Waals surface area contributed by atoms with Crippen LogP contribution >= 0.6 is 0 Å². The normalized spacial score (nSPS) is 11.2. The summed E-state index contributed by atoms with van der Waals surface area (Å²) in [5.74, 6) is 1.34. The molecule has 13 aromatic rings. The van der Waals surface area contributed by atoms with Gasteiger partial charge in [0.2, 0.25) is 0 Å². The van der Waals surface area contributed by atoms with Gasteiger partial charge in [-0.3, -0.25) is 0 Å². The van der Waals surface area contributed by atoms with Crippen LogP contribution in [0.5, 0.6) is 0 Å². The van der Waals surface area contributed by atoms with Crippen LogP contribution in [0.2, 0.25) is 0 Å². The standard InChI is InChI=1S/C66H38N8/c67-39-42-13-11-16-46(35-42)47-31-33-63(74-60-25-9-5-21-54(60)55-22-6-10-26-61(55)74)57(37-47)66-71-64(45-29-27-44(28-30-45)51-18-2-1-15-50(51)41-69)70-65(72-66)49-32-34-62(56(38-49)48-17-12-14-43(36-48)40-68)73-58-23-7-3-19-52(58)53-20-4-8-24-59(53)73/h1-38H. The first-order chi connectivity index (χ1) is 36.5. The number of aromatic nitrogens is 5. The van der Waals surface area contributed by atoms with Crippen LogP contribution in [-0.4, -0.2) is 24.1 Å². The van der Waals surface area contributed by atoms with E-state index in [1.165, 1.54) is 0 Å². The van der Waals surface area contributed by atoms with Gasteiger partial charge < -0.3 is 9.13 Å². The van der Waals surface area contributed by atoms with E-state index in [9.17, 15) is 15.8 Å². The first-order valence-corrected chi connectivity index (χ1v) is 24.2. The van der Waals surface area contributed by atoms with Gasteiger partial charge in [0.05, 0.1) is 68.3 Å². The van der Waals surface area contributed by atoms with Gasteiger partial charge >= 0.3 is 0 Å². The van der Waals surface area contributed by atoms with Crippen LogP contribution in [0.4, 0.5) is 0 Å². The lowest BCUT2D eigenvalue weighted by atomic mass is 9.98. The molecule has 0 atom stereocenters. The van der Waals surface area contributed by atoms with Crippen LogP contribution in [0, 0.1) is 34.0 Å². The predicted molar refractivity (Wildman–Crippen MR) is 295 cm³/mol. The molecule has 3 heterocycles. The Labute approximate surface area is 425 Å². The predicted octanol–water partition coefficient (Wildman–Crippen LogP) is 15.7. The Bertz CT molecular complexity index is 4430. The van der Waals surface area contributed by atoms with Crippen molar-refractivity contribution in [2.24, 2.45) is 0 Å². The molecule has 0 aliphatic heterocycles. The molecular weight excluding hydrogens is 905 g/mol. The summed E-state index contributed by atoms with van der Waals surface area (Å²) >= 11 is 0. The number of hydrogen-bond donors (Lipinski definition) is 0. The van der Waals surface area contributed by atoms with E-state index in [-0.39, 0.29) is 0 Å². The second-order valence-electron chi connectivity index (χ2n) is 18.1. The van der Waals surface area contributed by atoms with E-state index in [1.54, 1.807) is 0 Å². The molecule has 0 unspecified atom stereocenters. The number of nitrogens with zero attached hydrogens (tertiary/aromatic N) is 8. The Morgan fingerprint density at radius 1 is 0.284 bits per heavy atom. The maximum absolute atomic E-state index is 10.2. The molecule has 8 heteroatoms. The Morgan fingerprint density at radius 2 is 0.703 bits per heavy atom. The van der Waals surface area contributed by atoms with E-state index in [0.717, 1.165) is 105 Å². The molecule has 0 bridgehead atoms. The number of fused-ring (bicyclic) bond motifs is 6. The van der Waals surface area contributed by atoms with Crippen molar-refractivity contribution in [2.75, 3.05) is 0 Å². The Morgan fingerprint density at radius 3 is 1.27 bits per heavy atom. The van der Waals surface area contributed by atoms with Crippen molar-refractivity contribution in [3.63, 3.8) is 0 Å². The fourth-order valence-corrected chi connectivity index (χ4v) is 10.5. The zero-order valence-electron chi connectivity index (χ0n) is 39.5. The minimum absolute atomic E-state index is 0.443. The Hall–Kier alpha value is -10.7. The molecule has 8 nitrogen and oxygen atoms in total. The van der Waals surface area contributed by atoms with Gasteiger partial charge in [-0.15, -0.1) is 0 Å². The average Bonchev–Trinajstić information content (AvgIpc) is 4.03. The zero-order chi connectivity index (χ0) is 49.7. The largest absolute Gasteiger partial charge is 0.309 e. The smallest absolute Gasteiger partial charge is 0.166 e. The van der Waals surface area contributed by atoms with Crippen molar-refractivity contribution >= 4 is 43.6 Å². The lowest BCUT2D eigenvalue weighted by molar-refractivity contribution is 1.06. The highest BCUT2D eigenvalue weighted by Gasteiger charge is 2.23. The summed E-state index contributed by atoms with van der Waals surface area (Å²) in [5, 5.41) is 34.6. The van der Waals surface area contributed by atoms with E-state index >= 15 is 0 Å². The van der Waals surface area contributed by atoms with Crippen molar-refractivity contribution in [1.82, 2.24) is 24.1 Å². The SMILES string of the molecule is N#Cc1cccc(-c2ccc(-n3c4ccccc4c4ccccc43)c(-c3nc(-c4ccc(-c5ccccc5C#N)cc4)nc(-c4ccc(-n5c6ccccc6c6ccccc65)c(-c5cccc(C#N)c5)c4)n3)c2)c1. The minimum Gasteiger partial charge on any atom is -0.309 e. The third kappa shape index (κ3) is 7.33. The summed E-state index contributed by atoms with van der Waals surface area (Å²) in [4.78, 5) is 16.2. The van der Waals surface area contributed by atoms with Crippen LogP contribution in [0.1, 0.15) is 16.7 Å². The molecule has 0 amide bonds. The molecule has 0 fully saturated rings. The fourth-order valence-electron chi connectivity index (χ4n) is 10.5. The molecule has 13 rings (SSSR count). The maximum atomic E-state index is 10.2. The van der Waals surface area contributed by atoms with Crippen molar-refractivity contribution in [1.29, 1.82) is 15.8 Å². The van der Waals surface area contributed by atoms with E-state index in [2.05, 4.69) is 161 Å². The first-order valence-electron chi connectivity index (χ1n) is 24.2. The third-order valence-electron chi connectivity index (χ3n) is 13.9. The number of benzene rings is 10. The van der Waals surface area contributed by atoms with E-state index in [4.69, 9.17) is 15.0 Å². The van der Waals surface area contributed by atoms with Gasteiger partial charge in [0.1, 0.15) is 0 Å². The van der Waals surface area contributed by atoms with E-state index in [1.807, 2.05) is 97.1 Å². The molecule has 342 valence electrons. The zero-order valence-corrected chi connectivity index (χ0v) is 39.5. The van der Waals surface area contributed by atoms with Crippen LogP contribution in [-0.2, 0) is 0 Å². The number of para-hydroxylation sites is 4. The topological polar surface area (TPSA) is 120 Å². The lowest BCUT2D eigenvalue weighted by Gasteiger charge is -2.18. The molecule has 0 N–H and O–H groups in total. The molecule has 0 aliphatic rings. The number of rotatable bonds is 8. The molecule has 74 heavy (non-hydrogen) atoms. The van der Waals surface area contributed by atoms with Gasteiger partial charge in [0.15, 0.2) is 17.5 Å². The van der Waals surface area contributed by atoms with E-state index in [0.29, 0.717) is 34.2 Å². The van der Waals surface area contributed by atoms with Crippen molar-refractivity contribution in [2.45, 2.75) is 0 Å². The summed E-state index contributed by atoms with van der Waals surface area (Å²) in [7, 11) is 0. The van der Waals surface area contributed by atoms with Gasteiger partial charge in [0, 0.05) is 43.8 Å². The second kappa shape index (κ2) is 17.9. The first kappa shape index (κ1) is 43.3. The molecule has 10 aromatic carbocycles. The molecule has 3 aromatic heterocycles. The molecular formula is C66H38N8. The monoisotopic (exact) mass is 942 g/mol. The second-order valence-corrected chi connectivity index (χ2v) is 18.1. The Kier molecular flexibility index (Phi) is 10.5. The van der Waals surface area contributed by atoms with Gasteiger partial charge in [-0.1, -0.05) is 146 Å². The average molecular weight is 943 g/mol. The van der Waals surface area contributed by atoms with Crippen molar-refractivity contribution in [3.8, 4) is 97.1 Å². The van der Waals surface area contributed by atoms with Crippen molar-refractivity contribution < 1.29 is 0 Å². The summed E-state index contributed by atoms with van der Waals surface area (Å²) < 4.78 is 4.57. The fraction of sp³-hybridized carbons (Fsp3) is 0. The van der Waals surface area contributed by atoms with Crippen LogP contribution in [0.15, 0.2) is 231 Å². The summed E-state index contributed by atoms with van der Waals surface area (Å²) in [5.41, 5.74) is 15.2. The molecule has 0 radical (unpaired) electrons. The van der Waals surface area contributed by atoms with Crippen LogP contribution < -0.4 is 0 Å². The number of hydrogen-bond acceptors (Lipinski definition) is 6. The summed E-state index contributed by atoms with van der Waals surface area (Å²) in [6.45, 7) is 0. The maximum Gasteiger partial charge on any atom is 0.166 e. The van der Waals surface area contributed by atoms with Crippen LogP contribution in [0.3, 0.4) is 0 Å². The molecule has 0 saturated carbocycles. The highest BCUT2D eigenvalue weighted by Crippen LogP contribution is 2.41. The third-order valence-corrected chi connectivity index (χ3v) is 13.9. The quantitative estimate of drug-likeness (QED) is 0.150. The van der Waals surface area contributed by atoms with Crippen LogP contribution in [0.25, 0.3) is 123 Å². The number of nitriles is 3. The van der Waals surface area contributed by atoms with Gasteiger partial charge in [-0.25, -0.2) is 15.0 Å². The molecule has 0 spiro atoms. The summed E-state index contributed by atoms with van der Waals surface area (Å²) in [6, 6.07) is 84.3. The lowest BCUT2D eigenvalue weighted by Crippen LogP contribution is -2.04. The van der Waals surface area contributed by atoms with E-state index < -0.39 is 0 Å². The van der Waals surface area contributed by atoms with Gasteiger partial charge in [0.25, 0.3) is 0 Å². The minimum atomic E-state index is 0.443. The van der Waals surface area contributed by atoms with Gasteiger partial charge in [-0.2, -0.15) is 15.8 Å². The summed E-state index contributed by atoms with van der Waals surface area (Å²) in [6.07, 6.45) is 0. The Balaban J connectivity index is 1.09. The van der Waals surface area contributed by atoms with Gasteiger partial charge in [-0.05, 0) is 113 Å². The molecule has 0 aliphatic carbocycles. The van der Waals surface area contributed by atoms with Crippen molar-refractivity contribution in [3.05, 3.63) is 247 Å². The highest BCUT2D eigenvalue weighted by molar-refractivity contribution is 6.11. The highest BCUT2D eigenvalue weighted by atomic mass is 15.1.